The van der Waals surface area contributed by atoms with Gasteiger partial charge in [0.05, 0.1) is 11.6 Å². The minimum atomic E-state index is -0.344. The Hall–Kier alpha value is -1.95. The van der Waals surface area contributed by atoms with E-state index < -0.39 is 0 Å². The predicted molar refractivity (Wildman–Crippen MR) is 164 cm³/mol. The maximum Gasteiger partial charge on any atom is 0.159 e. The predicted octanol–water partition coefficient (Wildman–Crippen LogP) is 9.44. The first-order valence-corrected chi connectivity index (χ1v) is 16.2. The van der Waals surface area contributed by atoms with Crippen LogP contribution in [0.5, 0.6) is 0 Å². The molecule has 0 aromatic heterocycles. The van der Waals surface area contributed by atoms with Crippen LogP contribution in [0.25, 0.3) is 0 Å². The average Bonchev–Trinajstić information content (AvgIpc) is 2.91. The Morgan fingerprint density at radius 1 is 1.05 bits per heavy atom. The number of rotatable bonds is 3. The van der Waals surface area contributed by atoms with Crippen LogP contribution in [0.2, 0.25) is 0 Å². The first-order chi connectivity index (χ1) is 18.6. The summed E-state index contributed by atoms with van der Waals surface area (Å²) in [6, 6.07) is 2.43. The lowest BCUT2D eigenvalue weighted by molar-refractivity contribution is -0.162. The number of Topliss-reactive ketones (excluding diaryl/α,β-unsaturated/α-hetero) is 1. The molecule has 40 heavy (non-hydrogen) atoms. The number of fused-ring (bicyclic) bond motifs is 7. The van der Waals surface area contributed by atoms with Crippen LogP contribution < -0.4 is 0 Å². The van der Waals surface area contributed by atoms with Crippen LogP contribution in [0.1, 0.15) is 121 Å². The summed E-state index contributed by atoms with van der Waals surface area (Å²) in [5.74, 6) is 1.36. The fourth-order valence-corrected chi connectivity index (χ4v) is 10.5. The fraction of sp³-hybridized carbons (Fsp3) is 0.757. The van der Waals surface area contributed by atoms with Gasteiger partial charge in [-0.2, -0.15) is 5.26 Å². The van der Waals surface area contributed by atoms with E-state index in [4.69, 9.17) is 0 Å². The summed E-state index contributed by atoms with van der Waals surface area (Å²) in [6.07, 6.45) is 12.0. The summed E-state index contributed by atoms with van der Waals surface area (Å²) in [7, 11) is 0. The lowest BCUT2D eigenvalue weighted by Crippen LogP contribution is -2.61. The van der Waals surface area contributed by atoms with E-state index in [1.54, 1.807) is 0 Å². The second-order valence-corrected chi connectivity index (χ2v) is 15.6. The largest absolute Gasteiger partial charge is 0.299 e. The van der Waals surface area contributed by atoms with E-state index in [1.165, 1.54) is 5.57 Å². The number of nitriles is 1. The molecule has 0 aliphatic heterocycles. The van der Waals surface area contributed by atoms with E-state index >= 15 is 0 Å². The molecule has 3 saturated carbocycles. The van der Waals surface area contributed by atoms with Crippen LogP contribution in [-0.4, -0.2) is 11.6 Å². The summed E-state index contributed by atoms with van der Waals surface area (Å²) in [5, 5.41) is 10.0. The quantitative estimate of drug-likeness (QED) is 0.355. The Labute approximate surface area is 245 Å². The Morgan fingerprint density at radius 2 is 1.70 bits per heavy atom. The van der Waals surface area contributed by atoms with E-state index in [0.29, 0.717) is 17.3 Å². The van der Waals surface area contributed by atoms with Crippen LogP contribution in [0.4, 0.5) is 0 Å². The van der Waals surface area contributed by atoms with Gasteiger partial charge in [-0.1, -0.05) is 87.5 Å². The third kappa shape index (κ3) is 4.17. The number of nitrogens with zero attached hydrogens (tertiary/aromatic N) is 1. The van der Waals surface area contributed by atoms with Crippen molar-refractivity contribution < 1.29 is 9.59 Å². The van der Waals surface area contributed by atoms with Gasteiger partial charge in [0.1, 0.15) is 5.78 Å². The van der Waals surface area contributed by atoms with Gasteiger partial charge >= 0.3 is 0 Å². The number of ketones is 2. The molecule has 5 rings (SSSR count). The third-order valence-corrected chi connectivity index (χ3v) is 12.9. The standard InChI is InChI=1S/C35H49NO2.C2H6/c1-10-21(2)30(38)35-14-11-24-29(25(35)19-31(4,5)15-16-35)26(37)17-28-33(24,8)13-12-27-32(6,7)22(3)23(20-36)18-34(27,28)9;1-2/h17-18,21,24-25,27,29H,3,10-16,19H2,1-2,4-9H3;1-2H3. The van der Waals surface area contributed by atoms with Crippen LogP contribution in [-0.2, 0) is 9.59 Å². The summed E-state index contributed by atoms with van der Waals surface area (Å²) in [6.45, 7) is 26.4. The highest BCUT2D eigenvalue weighted by molar-refractivity contribution is 5.96. The molecule has 8 unspecified atom stereocenters. The van der Waals surface area contributed by atoms with Gasteiger partial charge in [0.25, 0.3) is 0 Å². The normalized spacial score (nSPS) is 41.7. The van der Waals surface area contributed by atoms with Crippen LogP contribution in [0.3, 0.4) is 0 Å². The van der Waals surface area contributed by atoms with Crippen molar-refractivity contribution in [3.8, 4) is 6.07 Å². The molecule has 0 spiro atoms. The number of carbonyl (C=O) groups excluding carboxylic acids is 2. The molecule has 0 N–H and O–H groups in total. The Morgan fingerprint density at radius 3 is 2.30 bits per heavy atom. The molecule has 5 aliphatic carbocycles. The molecule has 3 fully saturated rings. The highest BCUT2D eigenvalue weighted by Gasteiger charge is 2.66. The molecule has 220 valence electrons. The summed E-state index contributed by atoms with van der Waals surface area (Å²) >= 11 is 0. The van der Waals surface area contributed by atoms with Gasteiger partial charge in [-0.3, -0.25) is 9.59 Å². The van der Waals surface area contributed by atoms with Crippen LogP contribution in [0, 0.1) is 68.0 Å². The first kappa shape index (κ1) is 31.0. The van der Waals surface area contributed by atoms with Crippen molar-refractivity contribution in [1.82, 2.24) is 0 Å². The number of hydrogen-bond donors (Lipinski definition) is 0. The highest BCUT2D eigenvalue weighted by Crippen LogP contribution is 2.71. The molecular weight excluding hydrogens is 490 g/mol. The van der Waals surface area contributed by atoms with E-state index in [1.807, 2.05) is 19.9 Å². The van der Waals surface area contributed by atoms with E-state index in [0.717, 1.165) is 56.9 Å². The first-order valence-electron chi connectivity index (χ1n) is 16.2. The topological polar surface area (TPSA) is 57.9 Å². The van der Waals surface area contributed by atoms with Gasteiger partial charge in [0, 0.05) is 22.7 Å². The van der Waals surface area contributed by atoms with Gasteiger partial charge < -0.3 is 0 Å². The molecule has 0 amide bonds. The minimum absolute atomic E-state index is 0.0529. The minimum Gasteiger partial charge on any atom is -0.299 e. The summed E-state index contributed by atoms with van der Waals surface area (Å²) in [4.78, 5) is 28.5. The smallest absolute Gasteiger partial charge is 0.159 e. The zero-order valence-corrected chi connectivity index (χ0v) is 27.2. The van der Waals surface area contributed by atoms with Gasteiger partial charge in [-0.25, -0.2) is 0 Å². The molecule has 3 nitrogen and oxygen atoms in total. The van der Waals surface area contributed by atoms with E-state index in [2.05, 4.69) is 74.1 Å². The van der Waals surface area contributed by atoms with Crippen molar-refractivity contribution in [2.75, 3.05) is 0 Å². The Bertz CT molecular complexity index is 1190. The Balaban J connectivity index is 0.00000181. The number of carbonyl (C=O) groups is 2. The number of hydrogen-bond acceptors (Lipinski definition) is 3. The molecule has 0 aromatic carbocycles. The third-order valence-electron chi connectivity index (χ3n) is 12.9. The summed E-state index contributed by atoms with van der Waals surface area (Å²) < 4.78 is 0. The van der Waals surface area contributed by atoms with Crippen molar-refractivity contribution in [2.45, 2.75) is 121 Å². The molecule has 0 bridgehead atoms. The maximum absolute atomic E-state index is 14.4. The van der Waals surface area contributed by atoms with Gasteiger partial charge in [0.2, 0.25) is 0 Å². The van der Waals surface area contributed by atoms with Crippen molar-refractivity contribution in [3.05, 3.63) is 35.5 Å². The molecule has 0 heterocycles. The zero-order chi connectivity index (χ0) is 30.1. The highest BCUT2D eigenvalue weighted by atomic mass is 16.1. The molecule has 0 saturated heterocycles. The van der Waals surface area contributed by atoms with Gasteiger partial charge in [0.15, 0.2) is 5.78 Å². The lowest BCUT2D eigenvalue weighted by Gasteiger charge is -2.65. The van der Waals surface area contributed by atoms with Gasteiger partial charge in [-0.05, 0) is 97.0 Å². The van der Waals surface area contributed by atoms with Crippen molar-refractivity contribution in [2.24, 2.45) is 56.7 Å². The zero-order valence-electron chi connectivity index (χ0n) is 27.2. The van der Waals surface area contributed by atoms with Crippen molar-refractivity contribution >= 4 is 11.6 Å². The summed E-state index contributed by atoms with van der Waals surface area (Å²) in [5.41, 5.74) is 2.04. The van der Waals surface area contributed by atoms with Gasteiger partial charge in [-0.15, -0.1) is 0 Å². The Kier molecular flexibility index (Phi) is 7.83. The van der Waals surface area contributed by atoms with E-state index in [9.17, 15) is 14.9 Å². The maximum atomic E-state index is 14.4. The molecule has 0 aromatic rings. The fourth-order valence-electron chi connectivity index (χ4n) is 10.5. The second kappa shape index (κ2) is 10.1. The molecular formula is C37H55NO2. The van der Waals surface area contributed by atoms with Crippen LogP contribution in [0.15, 0.2) is 35.5 Å². The van der Waals surface area contributed by atoms with Crippen LogP contribution >= 0.6 is 0 Å². The molecule has 8 atom stereocenters. The second-order valence-electron chi connectivity index (χ2n) is 15.6. The van der Waals surface area contributed by atoms with Crippen molar-refractivity contribution in [1.29, 1.82) is 5.26 Å². The van der Waals surface area contributed by atoms with Crippen molar-refractivity contribution in [3.63, 3.8) is 0 Å². The molecule has 3 heteroatoms. The van der Waals surface area contributed by atoms with E-state index in [-0.39, 0.29) is 56.5 Å². The average molecular weight is 546 g/mol. The monoisotopic (exact) mass is 545 g/mol. The number of allylic oxidation sites excluding steroid dienone is 5. The molecule has 0 radical (unpaired) electrons. The lowest BCUT2D eigenvalue weighted by atomic mass is 9.37. The SMILES string of the molecule is C=C1C(C#N)=CC2(C)C3=CC(=O)C4C(CCC5(C(=O)C(C)CC)CCC(C)(C)CC45)C3(C)CCC2C1(C)C.CC. The molecule has 5 aliphatic rings.